The van der Waals surface area contributed by atoms with E-state index in [1.165, 1.54) is 13.0 Å². The monoisotopic (exact) mass is 166 g/mol. The van der Waals surface area contributed by atoms with Gasteiger partial charge in [-0.25, -0.2) is 0 Å². The first-order chi connectivity index (χ1) is 5.88. The third-order valence-corrected chi connectivity index (χ3v) is 2.42. The Labute approximate surface area is 75.3 Å². The van der Waals surface area contributed by atoms with Gasteiger partial charge in [0, 0.05) is 12.6 Å². The largest absolute Gasteiger partial charge is 0.315 e. The van der Waals surface area contributed by atoms with Crippen molar-refractivity contribution in [1.29, 1.82) is 0 Å². The van der Waals surface area contributed by atoms with E-state index in [9.17, 15) is 0 Å². The summed E-state index contributed by atoms with van der Waals surface area (Å²) < 4.78 is 0. The number of hydrogen-bond acceptors (Lipinski definition) is 2. The van der Waals surface area contributed by atoms with E-state index in [1.807, 2.05) is 6.92 Å². The van der Waals surface area contributed by atoms with Crippen molar-refractivity contribution >= 4 is 0 Å². The van der Waals surface area contributed by atoms with Crippen molar-refractivity contribution in [2.24, 2.45) is 0 Å². The molecule has 2 heteroatoms. The van der Waals surface area contributed by atoms with Gasteiger partial charge in [-0.05, 0) is 26.4 Å². The Morgan fingerprint density at radius 2 is 2.42 bits per heavy atom. The summed E-state index contributed by atoms with van der Waals surface area (Å²) in [7, 11) is 0. The number of nitrogens with one attached hydrogen (secondary N) is 1. The number of rotatable bonds is 3. The van der Waals surface area contributed by atoms with E-state index < -0.39 is 0 Å². The van der Waals surface area contributed by atoms with E-state index in [2.05, 4.69) is 29.0 Å². The highest BCUT2D eigenvalue weighted by Gasteiger charge is 2.19. The van der Waals surface area contributed by atoms with Gasteiger partial charge in [0.15, 0.2) is 0 Å². The van der Waals surface area contributed by atoms with Crippen LogP contribution in [0.25, 0.3) is 0 Å². The van der Waals surface area contributed by atoms with Crippen molar-refractivity contribution in [2.45, 2.75) is 26.3 Å². The summed E-state index contributed by atoms with van der Waals surface area (Å²) in [6.45, 7) is 8.46. The molecule has 0 radical (unpaired) electrons. The van der Waals surface area contributed by atoms with E-state index in [0.717, 1.165) is 25.7 Å². The van der Waals surface area contributed by atoms with Crippen molar-refractivity contribution in [3.63, 3.8) is 0 Å². The van der Waals surface area contributed by atoms with E-state index >= 15 is 0 Å². The highest BCUT2D eigenvalue weighted by atomic mass is 15.2. The average Bonchev–Trinajstić information content (AvgIpc) is 2.59. The molecular weight excluding hydrogens is 148 g/mol. The van der Waals surface area contributed by atoms with Crippen LogP contribution in [0.2, 0.25) is 0 Å². The molecule has 1 atom stereocenters. The quantitative estimate of drug-likeness (QED) is 0.621. The minimum atomic E-state index is 0.718. The third-order valence-electron chi connectivity index (χ3n) is 2.42. The summed E-state index contributed by atoms with van der Waals surface area (Å²) in [4.78, 5) is 2.44. The second-order valence-corrected chi connectivity index (χ2v) is 3.14. The van der Waals surface area contributed by atoms with Crippen LogP contribution in [0.3, 0.4) is 0 Å². The van der Waals surface area contributed by atoms with Crippen LogP contribution in [0.5, 0.6) is 0 Å². The molecule has 12 heavy (non-hydrogen) atoms. The maximum absolute atomic E-state index is 3.37. The van der Waals surface area contributed by atoms with Crippen molar-refractivity contribution in [2.75, 3.05) is 26.2 Å². The SMILES string of the molecule is CC#CCN(CC)C1CCNC1. The Kier molecular flexibility index (Phi) is 4.13. The van der Waals surface area contributed by atoms with Crippen LogP contribution in [0.1, 0.15) is 20.3 Å². The second-order valence-electron chi connectivity index (χ2n) is 3.14. The molecule has 0 aromatic heterocycles. The van der Waals surface area contributed by atoms with Crippen molar-refractivity contribution in [3.8, 4) is 11.8 Å². The highest BCUT2D eigenvalue weighted by Crippen LogP contribution is 2.06. The Hall–Kier alpha value is -0.520. The molecular formula is C10H18N2. The van der Waals surface area contributed by atoms with Crippen molar-refractivity contribution in [3.05, 3.63) is 0 Å². The predicted octanol–water partition coefficient (Wildman–Crippen LogP) is 0.694. The van der Waals surface area contributed by atoms with E-state index in [1.54, 1.807) is 0 Å². The summed E-state index contributed by atoms with van der Waals surface area (Å²) in [6, 6.07) is 0.718. The molecule has 1 saturated heterocycles. The van der Waals surface area contributed by atoms with Crippen molar-refractivity contribution < 1.29 is 0 Å². The third kappa shape index (κ3) is 2.51. The van der Waals surface area contributed by atoms with E-state index in [4.69, 9.17) is 0 Å². The Balaban J connectivity index is 2.35. The van der Waals surface area contributed by atoms with Gasteiger partial charge < -0.3 is 5.32 Å². The van der Waals surface area contributed by atoms with Gasteiger partial charge in [-0.15, -0.1) is 5.92 Å². The Morgan fingerprint density at radius 1 is 1.58 bits per heavy atom. The second kappa shape index (κ2) is 5.18. The summed E-state index contributed by atoms with van der Waals surface area (Å²) in [6.07, 6.45) is 1.28. The van der Waals surface area contributed by atoms with Crippen LogP contribution in [-0.2, 0) is 0 Å². The number of hydrogen-bond donors (Lipinski definition) is 1. The minimum Gasteiger partial charge on any atom is -0.315 e. The topological polar surface area (TPSA) is 15.3 Å². The van der Waals surface area contributed by atoms with Gasteiger partial charge in [-0.3, -0.25) is 4.90 Å². The molecule has 1 N–H and O–H groups in total. The van der Waals surface area contributed by atoms with E-state index in [0.29, 0.717) is 0 Å². The highest BCUT2D eigenvalue weighted by molar-refractivity contribution is 4.99. The number of nitrogens with zero attached hydrogens (tertiary/aromatic N) is 1. The smallest absolute Gasteiger partial charge is 0.0604 e. The maximum Gasteiger partial charge on any atom is 0.0604 e. The van der Waals surface area contributed by atoms with Crippen molar-refractivity contribution in [1.82, 2.24) is 10.2 Å². The van der Waals surface area contributed by atoms with Gasteiger partial charge in [0.1, 0.15) is 0 Å². The minimum absolute atomic E-state index is 0.718. The van der Waals surface area contributed by atoms with Crippen LogP contribution in [0.15, 0.2) is 0 Å². The molecule has 2 nitrogen and oxygen atoms in total. The molecule has 0 saturated carbocycles. The summed E-state index contributed by atoms with van der Waals surface area (Å²) in [5.41, 5.74) is 0. The van der Waals surface area contributed by atoms with Gasteiger partial charge in [0.2, 0.25) is 0 Å². The fraction of sp³-hybridized carbons (Fsp3) is 0.800. The van der Waals surface area contributed by atoms with Gasteiger partial charge in [-0.1, -0.05) is 12.8 Å². The molecule has 1 fully saturated rings. The van der Waals surface area contributed by atoms with Crippen LogP contribution < -0.4 is 5.32 Å². The zero-order chi connectivity index (χ0) is 8.81. The summed E-state index contributed by atoms with van der Waals surface area (Å²) >= 11 is 0. The van der Waals surface area contributed by atoms with Gasteiger partial charge in [0.25, 0.3) is 0 Å². The molecule has 1 heterocycles. The fourth-order valence-corrected chi connectivity index (χ4v) is 1.63. The van der Waals surface area contributed by atoms with Crippen LogP contribution in [0, 0.1) is 11.8 Å². The van der Waals surface area contributed by atoms with E-state index in [-0.39, 0.29) is 0 Å². The number of likely N-dealkylation sites (N-methyl/N-ethyl adjacent to an activating group) is 1. The normalized spacial score (nSPS) is 22.4. The van der Waals surface area contributed by atoms with Gasteiger partial charge in [-0.2, -0.15) is 0 Å². The van der Waals surface area contributed by atoms with Gasteiger partial charge >= 0.3 is 0 Å². The summed E-state index contributed by atoms with van der Waals surface area (Å²) in [5.74, 6) is 6.07. The lowest BCUT2D eigenvalue weighted by Crippen LogP contribution is -2.36. The molecule has 0 bridgehead atoms. The first-order valence-corrected chi connectivity index (χ1v) is 4.72. The molecule has 0 aromatic carbocycles. The lowest BCUT2D eigenvalue weighted by molar-refractivity contribution is 0.247. The lowest BCUT2D eigenvalue weighted by atomic mass is 10.2. The molecule has 0 aliphatic carbocycles. The predicted molar refractivity (Wildman–Crippen MR) is 52.0 cm³/mol. The average molecular weight is 166 g/mol. The molecule has 0 amide bonds. The Morgan fingerprint density at radius 3 is 2.92 bits per heavy atom. The zero-order valence-electron chi connectivity index (χ0n) is 8.06. The van der Waals surface area contributed by atoms with Crippen LogP contribution in [0.4, 0.5) is 0 Å². The Bertz CT molecular complexity index is 172. The zero-order valence-corrected chi connectivity index (χ0v) is 8.06. The molecule has 1 aliphatic rings. The maximum atomic E-state index is 3.37. The molecule has 68 valence electrons. The summed E-state index contributed by atoms with van der Waals surface area (Å²) in [5, 5.41) is 3.37. The van der Waals surface area contributed by atoms with Gasteiger partial charge in [0.05, 0.1) is 6.54 Å². The molecule has 0 spiro atoms. The molecule has 1 rings (SSSR count). The first kappa shape index (κ1) is 9.57. The molecule has 1 aliphatic heterocycles. The fourth-order valence-electron chi connectivity index (χ4n) is 1.63. The van der Waals surface area contributed by atoms with Crippen LogP contribution in [-0.4, -0.2) is 37.1 Å². The lowest BCUT2D eigenvalue weighted by Gasteiger charge is -2.24. The van der Waals surface area contributed by atoms with Crippen LogP contribution >= 0.6 is 0 Å². The molecule has 0 aromatic rings. The first-order valence-electron chi connectivity index (χ1n) is 4.72. The molecule has 1 unspecified atom stereocenters. The standard InChI is InChI=1S/C10H18N2/c1-3-5-8-12(4-2)10-6-7-11-9-10/h10-11H,4,6-9H2,1-2H3.